The minimum Gasteiger partial charge on any atom is -0.137 e. The third-order valence-corrected chi connectivity index (χ3v) is 3.67. The molecule has 0 bridgehead atoms. The highest BCUT2D eigenvalue weighted by molar-refractivity contribution is 7.16. The van der Waals surface area contributed by atoms with Crippen molar-refractivity contribution in [3.63, 3.8) is 0 Å². The first kappa shape index (κ1) is 12.3. The fraction of sp³-hybridized carbons (Fsp3) is 0.250. The number of benzene rings is 2. The molecule has 0 nitrogen and oxygen atoms in total. The maximum atomic E-state index is 2.86. The predicted octanol–water partition coefficient (Wildman–Crippen LogP) is 4.31. The van der Waals surface area contributed by atoms with Gasteiger partial charge in [-0.3, -0.25) is 0 Å². The summed E-state index contributed by atoms with van der Waals surface area (Å²) < 4.78 is 0. The predicted molar refractivity (Wildman–Crippen MR) is 78.8 cm³/mol. The van der Waals surface area contributed by atoms with Gasteiger partial charge in [-0.25, -0.2) is 0 Å². The molecule has 2 aromatic carbocycles. The van der Waals surface area contributed by atoms with E-state index in [4.69, 9.17) is 0 Å². The van der Waals surface area contributed by atoms with Crippen LogP contribution in [0.4, 0.5) is 0 Å². The minimum atomic E-state index is 0.487. The first-order chi connectivity index (χ1) is 8.20. The van der Waals surface area contributed by atoms with Gasteiger partial charge in [0.15, 0.2) is 0 Å². The zero-order valence-electron chi connectivity index (χ0n) is 10.5. The molecule has 0 aliphatic rings. The standard InChI is InChI=1S/C16H19P/c1-12-3-7-14(8-4-12)16(11-17)15-9-5-13(2)6-10-15/h3-10,16H,11,17H2,1-2H3. The molecule has 0 aliphatic carbocycles. The minimum absolute atomic E-state index is 0.487. The molecule has 2 rings (SSSR count). The van der Waals surface area contributed by atoms with E-state index in [0.717, 1.165) is 6.16 Å². The van der Waals surface area contributed by atoms with Crippen molar-refractivity contribution in [2.45, 2.75) is 19.8 Å². The summed E-state index contributed by atoms with van der Waals surface area (Å²) in [6, 6.07) is 17.7. The third kappa shape index (κ3) is 2.96. The zero-order chi connectivity index (χ0) is 12.3. The molecule has 2 aromatic rings. The molecule has 0 heterocycles. The van der Waals surface area contributed by atoms with Crippen molar-refractivity contribution >= 4 is 9.24 Å². The Morgan fingerprint density at radius 1 is 0.765 bits per heavy atom. The maximum Gasteiger partial charge on any atom is 0.0124 e. The number of aryl methyl sites for hydroxylation is 2. The molecule has 0 aliphatic heterocycles. The summed E-state index contributed by atoms with van der Waals surface area (Å²) in [6.45, 7) is 4.26. The van der Waals surface area contributed by atoms with Gasteiger partial charge in [-0.15, -0.1) is 9.24 Å². The highest BCUT2D eigenvalue weighted by atomic mass is 31.0. The van der Waals surface area contributed by atoms with Gasteiger partial charge in [-0.1, -0.05) is 59.7 Å². The quantitative estimate of drug-likeness (QED) is 0.703. The molecule has 0 fully saturated rings. The van der Waals surface area contributed by atoms with E-state index in [1.165, 1.54) is 22.3 Å². The van der Waals surface area contributed by atoms with Gasteiger partial charge in [0.1, 0.15) is 0 Å². The van der Waals surface area contributed by atoms with Crippen LogP contribution in [-0.4, -0.2) is 6.16 Å². The van der Waals surface area contributed by atoms with E-state index in [9.17, 15) is 0 Å². The van der Waals surface area contributed by atoms with Crippen LogP contribution in [-0.2, 0) is 0 Å². The van der Waals surface area contributed by atoms with Gasteiger partial charge < -0.3 is 0 Å². The van der Waals surface area contributed by atoms with E-state index in [2.05, 4.69) is 71.6 Å². The fourth-order valence-electron chi connectivity index (χ4n) is 2.06. The SMILES string of the molecule is Cc1ccc(C(CP)c2ccc(C)cc2)cc1. The van der Waals surface area contributed by atoms with Gasteiger partial charge in [0.05, 0.1) is 0 Å². The van der Waals surface area contributed by atoms with Gasteiger partial charge in [0.25, 0.3) is 0 Å². The number of rotatable bonds is 3. The fourth-order valence-corrected chi connectivity index (χ4v) is 2.61. The largest absolute Gasteiger partial charge is 0.137 e. The van der Waals surface area contributed by atoms with Crippen molar-refractivity contribution in [3.8, 4) is 0 Å². The van der Waals surface area contributed by atoms with Crippen LogP contribution in [0.5, 0.6) is 0 Å². The van der Waals surface area contributed by atoms with E-state index in [1.54, 1.807) is 0 Å². The third-order valence-electron chi connectivity index (χ3n) is 3.20. The summed E-state index contributed by atoms with van der Waals surface area (Å²) in [5, 5.41) is 0. The molecule has 0 spiro atoms. The molecular formula is C16H19P. The van der Waals surface area contributed by atoms with Crippen molar-refractivity contribution in [1.29, 1.82) is 0 Å². The summed E-state index contributed by atoms with van der Waals surface area (Å²) in [5.41, 5.74) is 5.43. The Bertz CT molecular complexity index is 422. The summed E-state index contributed by atoms with van der Waals surface area (Å²) in [4.78, 5) is 0. The van der Waals surface area contributed by atoms with Gasteiger partial charge in [0.2, 0.25) is 0 Å². The highest BCUT2D eigenvalue weighted by Gasteiger charge is 2.11. The number of hydrogen-bond acceptors (Lipinski definition) is 0. The summed E-state index contributed by atoms with van der Waals surface area (Å²) in [6.07, 6.45) is 1.06. The molecule has 1 atom stereocenters. The second-order valence-electron chi connectivity index (χ2n) is 4.61. The van der Waals surface area contributed by atoms with Gasteiger partial charge in [-0.2, -0.15) is 0 Å². The van der Waals surface area contributed by atoms with Crippen LogP contribution in [0, 0.1) is 13.8 Å². The summed E-state index contributed by atoms with van der Waals surface area (Å²) >= 11 is 0. The lowest BCUT2D eigenvalue weighted by Crippen LogP contribution is -2.02. The van der Waals surface area contributed by atoms with E-state index in [1.807, 2.05) is 0 Å². The van der Waals surface area contributed by atoms with Crippen LogP contribution >= 0.6 is 9.24 Å². The Hall–Kier alpha value is -1.13. The lowest BCUT2D eigenvalue weighted by molar-refractivity contribution is 0.935. The van der Waals surface area contributed by atoms with Crippen molar-refractivity contribution in [2.75, 3.05) is 6.16 Å². The monoisotopic (exact) mass is 242 g/mol. The van der Waals surface area contributed by atoms with Crippen LogP contribution in [0.25, 0.3) is 0 Å². The van der Waals surface area contributed by atoms with E-state index in [-0.39, 0.29) is 0 Å². The molecule has 0 saturated carbocycles. The lowest BCUT2D eigenvalue weighted by atomic mass is 9.92. The first-order valence-corrected chi connectivity index (χ1v) is 6.85. The van der Waals surface area contributed by atoms with Crippen LogP contribution in [0.15, 0.2) is 48.5 Å². The normalized spacial score (nSPS) is 10.8. The summed E-state index contributed by atoms with van der Waals surface area (Å²) in [7, 11) is 2.86. The van der Waals surface area contributed by atoms with Crippen molar-refractivity contribution in [2.24, 2.45) is 0 Å². The Kier molecular flexibility index (Phi) is 3.97. The van der Waals surface area contributed by atoms with Crippen molar-refractivity contribution in [3.05, 3.63) is 70.8 Å². The van der Waals surface area contributed by atoms with Crippen LogP contribution in [0.2, 0.25) is 0 Å². The van der Waals surface area contributed by atoms with Gasteiger partial charge in [-0.05, 0) is 31.1 Å². The first-order valence-electron chi connectivity index (χ1n) is 6.04. The van der Waals surface area contributed by atoms with Crippen LogP contribution in [0.3, 0.4) is 0 Å². The second kappa shape index (κ2) is 5.47. The van der Waals surface area contributed by atoms with Crippen LogP contribution < -0.4 is 0 Å². The molecule has 0 aromatic heterocycles. The van der Waals surface area contributed by atoms with E-state index < -0.39 is 0 Å². The topological polar surface area (TPSA) is 0 Å². The van der Waals surface area contributed by atoms with Crippen LogP contribution in [0.1, 0.15) is 28.2 Å². The lowest BCUT2D eigenvalue weighted by Gasteiger charge is -2.16. The van der Waals surface area contributed by atoms with Crippen molar-refractivity contribution < 1.29 is 0 Å². The van der Waals surface area contributed by atoms with Crippen molar-refractivity contribution in [1.82, 2.24) is 0 Å². The summed E-state index contributed by atoms with van der Waals surface area (Å²) in [5.74, 6) is 0.487. The molecule has 0 N–H and O–H groups in total. The van der Waals surface area contributed by atoms with E-state index >= 15 is 0 Å². The Labute approximate surface area is 106 Å². The molecule has 1 unspecified atom stereocenters. The zero-order valence-corrected chi connectivity index (χ0v) is 11.6. The van der Waals surface area contributed by atoms with Gasteiger partial charge in [0, 0.05) is 5.92 Å². The molecule has 1 heteroatoms. The molecule has 0 radical (unpaired) electrons. The smallest absolute Gasteiger partial charge is 0.0124 e. The average molecular weight is 242 g/mol. The molecule has 0 amide bonds. The van der Waals surface area contributed by atoms with Gasteiger partial charge >= 0.3 is 0 Å². The molecule has 17 heavy (non-hydrogen) atoms. The molecule has 0 saturated heterocycles. The average Bonchev–Trinajstić information content (AvgIpc) is 2.35. The maximum absolute atomic E-state index is 2.86. The highest BCUT2D eigenvalue weighted by Crippen LogP contribution is 2.27. The van der Waals surface area contributed by atoms with E-state index in [0.29, 0.717) is 5.92 Å². The Morgan fingerprint density at radius 2 is 1.12 bits per heavy atom. The molecule has 88 valence electrons. The Morgan fingerprint density at radius 3 is 1.41 bits per heavy atom. The second-order valence-corrected chi connectivity index (χ2v) is 5.08. The Balaban J connectivity index is 2.33. The molecular weight excluding hydrogens is 223 g/mol. The number of hydrogen-bond donors (Lipinski definition) is 0.